The Kier molecular flexibility index (Phi) is 4.35. The van der Waals surface area contributed by atoms with Crippen LogP contribution in [-0.4, -0.2) is 46.3 Å². The van der Waals surface area contributed by atoms with Crippen LogP contribution in [0, 0.1) is 5.92 Å². The fraction of sp³-hybridized carbons (Fsp3) is 0.733. The standard InChI is InChI=1S/C15H21F3N4O/c1-21-13(15(16,17)18)8-12(20-21)14(23)22-7-5-11-10(9-22)4-2-3-6-19-11/h8,10-11,19H,2-7,9H2,1H3/t10-,11+/m0/s1. The molecule has 3 rings (SSSR count). The Hall–Kier alpha value is -1.57. The molecular weight excluding hydrogens is 309 g/mol. The summed E-state index contributed by atoms with van der Waals surface area (Å²) in [5, 5.41) is 7.27. The molecule has 2 saturated heterocycles. The molecule has 0 radical (unpaired) electrons. The molecule has 0 saturated carbocycles. The van der Waals surface area contributed by atoms with Crippen molar-refractivity contribution < 1.29 is 18.0 Å². The highest BCUT2D eigenvalue weighted by Gasteiger charge is 2.37. The molecule has 23 heavy (non-hydrogen) atoms. The van der Waals surface area contributed by atoms with Crippen molar-refractivity contribution in [1.82, 2.24) is 20.0 Å². The number of halogens is 3. The van der Waals surface area contributed by atoms with E-state index in [0.717, 1.165) is 43.0 Å². The van der Waals surface area contributed by atoms with Gasteiger partial charge in [-0.15, -0.1) is 0 Å². The van der Waals surface area contributed by atoms with Gasteiger partial charge in [-0.3, -0.25) is 9.48 Å². The lowest BCUT2D eigenvalue weighted by molar-refractivity contribution is -0.143. The summed E-state index contributed by atoms with van der Waals surface area (Å²) in [6.07, 6.45) is -0.348. The second-order valence-corrected chi connectivity index (χ2v) is 6.39. The Morgan fingerprint density at radius 2 is 2.13 bits per heavy atom. The van der Waals surface area contributed by atoms with Crippen molar-refractivity contribution in [3.05, 3.63) is 17.5 Å². The van der Waals surface area contributed by atoms with Gasteiger partial charge >= 0.3 is 6.18 Å². The van der Waals surface area contributed by atoms with Crippen molar-refractivity contribution in [2.24, 2.45) is 13.0 Å². The van der Waals surface area contributed by atoms with Crippen LogP contribution in [0.4, 0.5) is 13.2 Å². The third-order valence-corrected chi connectivity index (χ3v) is 4.82. The number of likely N-dealkylation sites (tertiary alicyclic amines) is 1. The van der Waals surface area contributed by atoms with Crippen LogP contribution < -0.4 is 5.32 Å². The van der Waals surface area contributed by atoms with Gasteiger partial charge < -0.3 is 10.2 Å². The van der Waals surface area contributed by atoms with E-state index in [2.05, 4.69) is 10.4 Å². The Morgan fingerprint density at radius 1 is 1.35 bits per heavy atom. The summed E-state index contributed by atoms with van der Waals surface area (Å²) in [7, 11) is 1.21. The molecule has 0 unspecified atom stereocenters. The van der Waals surface area contributed by atoms with Gasteiger partial charge in [0.2, 0.25) is 0 Å². The molecule has 1 aromatic heterocycles. The number of aryl methyl sites for hydroxylation is 1. The molecule has 8 heteroatoms. The summed E-state index contributed by atoms with van der Waals surface area (Å²) in [5.41, 5.74) is -1.02. The molecule has 1 N–H and O–H groups in total. The van der Waals surface area contributed by atoms with E-state index >= 15 is 0 Å². The molecule has 2 fully saturated rings. The molecule has 2 atom stereocenters. The summed E-state index contributed by atoms with van der Waals surface area (Å²) in [6, 6.07) is 1.26. The fourth-order valence-electron chi connectivity index (χ4n) is 3.60. The number of amides is 1. The average molecular weight is 330 g/mol. The summed E-state index contributed by atoms with van der Waals surface area (Å²) >= 11 is 0. The average Bonchev–Trinajstić information content (AvgIpc) is 2.75. The first-order chi connectivity index (χ1) is 10.9. The third kappa shape index (κ3) is 3.36. The van der Waals surface area contributed by atoms with Crippen molar-refractivity contribution in [3.8, 4) is 0 Å². The zero-order chi connectivity index (χ0) is 16.6. The fourth-order valence-corrected chi connectivity index (χ4v) is 3.60. The van der Waals surface area contributed by atoms with Gasteiger partial charge in [-0.25, -0.2) is 0 Å². The lowest BCUT2D eigenvalue weighted by Gasteiger charge is -2.37. The van der Waals surface area contributed by atoms with Gasteiger partial charge in [0.15, 0.2) is 5.69 Å². The van der Waals surface area contributed by atoms with Gasteiger partial charge in [-0.1, -0.05) is 6.42 Å². The zero-order valence-corrected chi connectivity index (χ0v) is 13.1. The molecule has 5 nitrogen and oxygen atoms in total. The lowest BCUT2D eigenvalue weighted by Crippen LogP contribution is -2.50. The molecule has 2 aliphatic heterocycles. The van der Waals surface area contributed by atoms with Crippen LogP contribution in [0.2, 0.25) is 0 Å². The molecule has 0 aliphatic carbocycles. The molecule has 3 heterocycles. The topological polar surface area (TPSA) is 50.2 Å². The Balaban J connectivity index is 1.73. The minimum absolute atomic E-state index is 0.125. The van der Waals surface area contributed by atoms with Crippen molar-refractivity contribution in [3.63, 3.8) is 0 Å². The maximum absolute atomic E-state index is 12.8. The van der Waals surface area contributed by atoms with Crippen LogP contribution in [0.3, 0.4) is 0 Å². The van der Waals surface area contributed by atoms with Gasteiger partial charge in [0.1, 0.15) is 5.69 Å². The van der Waals surface area contributed by atoms with Crippen LogP contribution in [0.1, 0.15) is 41.9 Å². The maximum Gasteiger partial charge on any atom is 0.433 e. The number of carbonyl (C=O) groups is 1. The van der Waals surface area contributed by atoms with Crippen molar-refractivity contribution in [2.45, 2.75) is 37.9 Å². The maximum atomic E-state index is 12.8. The second kappa shape index (κ2) is 6.14. The van der Waals surface area contributed by atoms with E-state index in [1.54, 1.807) is 4.90 Å². The van der Waals surface area contributed by atoms with Gasteiger partial charge in [-0.2, -0.15) is 18.3 Å². The van der Waals surface area contributed by atoms with Crippen molar-refractivity contribution >= 4 is 5.91 Å². The predicted molar refractivity (Wildman–Crippen MR) is 77.9 cm³/mol. The summed E-state index contributed by atoms with van der Waals surface area (Å²) in [6.45, 7) is 2.16. The van der Waals surface area contributed by atoms with E-state index in [-0.39, 0.29) is 5.69 Å². The molecule has 0 spiro atoms. The normalized spacial score (nSPS) is 25.8. The van der Waals surface area contributed by atoms with E-state index in [9.17, 15) is 18.0 Å². The first kappa shape index (κ1) is 16.3. The number of carbonyl (C=O) groups excluding carboxylic acids is 1. The number of hydrogen-bond donors (Lipinski definition) is 1. The quantitative estimate of drug-likeness (QED) is 0.857. The molecule has 128 valence electrons. The Labute approximate surface area is 132 Å². The predicted octanol–water partition coefficient (Wildman–Crippen LogP) is 2.04. The highest BCUT2D eigenvalue weighted by atomic mass is 19.4. The molecule has 0 aromatic carbocycles. The van der Waals surface area contributed by atoms with Crippen molar-refractivity contribution in [1.29, 1.82) is 0 Å². The number of aromatic nitrogens is 2. The van der Waals surface area contributed by atoms with Crippen LogP contribution >= 0.6 is 0 Å². The SMILES string of the molecule is Cn1nc(C(=O)N2CC[C@H]3NCCCC[C@H]3C2)cc1C(F)(F)F. The van der Waals surface area contributed by atoms with Crippen LogP contribution in [0.15, 0.2) is 6.07 Å². The van der Waals surface area contributed by atoms with E-state index in [1.807, 2.05) is 0 Å². The number of piperidine rings is 1. The van der Waals surface area contributed by atoms with Gasteiger partial charge in [0.05, 0.1) is 0 Å². The first-order valence-corrected chi connectivity index (χ1v) is 8.00. The van der Waals surface area contributed by atoms with Crippen LogP contribution in [-0.2, 0) is 13.2 Å². The van der Waals surface area contributed by atoms with Crippen molar-refractivity contribution in [2.75, 3.05) is 19.6 Å². The molecule has 1 amide bonds. The summed E-state index contributed by atoms with van der Waals surface area (Å²) in [4.78, 5) is 14.2. The van der Waals surface area contributed by atoms with E-state index in [4.69, 9.17) is 0 Å². The lowest BCUT2D eigenvalue weighted by atomic mass is 9.89. The molecule has 2 aliphatic rings. The van der Waals surface area contributed by atoms with Gasteiger partial charge in [0.25, 0.3) is 5.91 Å². The Morgan fingerprint density at radius 3 is 2.83 bits per heavy atom. The smallest absolute Gasteiger partial charge is 0.337 e. The molecule has 1 aromatic rings. The number of hydrogen-bond acceptors (Lipinski definition) is 3. The Bertz CT molecular complexity index is 584. The van der Waals surface area contributed by atoms with Gasteiger partial charge in [-0.05, 0) is 31.7 Å². The summed E-state index contributed by atoms with van der Waals surface area (Å²) in [5.74, 6) is -0.0280. The third-order valence-electron chi connectivity index (χ3n) is 4.82. The van der Waals surface area contributed by atoms with Gasteiger partial charge in [0, 0.05) is 32.2 Å². The minimum atomic E-state index is -4.50. The van der Waals surface area contributed by atoms with E-state index in [1.165, 1.54) is 7.05 Å². The highest BCUT2D eigenvalue weighted by Crippen LogP contribution is 2.30. The number of fused-ring (bicyclic) bond motifs is 1. The minimum Gasteiger partial charge on any atom is -0.337 e. The number of nitrogens with zero attached hydrogens (tertiary/aromatic N) is 3. The first-order valence-electron chi connectivity index (χ1n) is 8.00. The highest BCUT2D eigenvalue weighted by molar-refractivity contribution is 5.92. The van der Waals surface area contributed by atoms with E-state index in [0.29, 0.717) is 25.0 Å². The monoisotopic (exact) mass is 330 g/mol. The largest absolute Gasteiger partial charge is 0.433 e. The van der Waals surface area contributed by atoms with Crippen LogP contribution in [0.25, 0.3) is 0 Å². The number of alkyl halides is 3. The second-order valence-electron chi connectivity index (χ2n) is 6.39. The summed E-state index contributed by atoms with van der Waals surface area (Å²) < 4.78 is 39.2. The number of rotatable bonds is 1. The van der Waals surface area contributed by atoms with Crippen LogP contribution in [0.5, 0.6) is 0 Å². The molecular formula is C15H21F3N4O. The number of nitrogens with one attached hydrogen (secondary N) is 1. The molecule has 0 bridgehead atoms. The zero-order valence-electron chi connectivity index (χ0n) is 13.1. The van der Waals surface area contributed by atoms with E-state index < -0.39 is 17.8 Å².